The Balaban J connectivity index is 1.84. The maximum atomic E-state index is 12.2. The molecule has 0 saturated carbocycles. The molecule has 7 heteroatoms. The smallest absolute Gasteiger partial charge is 0.238 e. The number of methoxy groups -OCH3 is 1. The van der Waals surface area contributed by atoms with Gasteiger partial charge in [-0.05, 0) is 37.7 Å². The quantitative estimate of drug-likeness (QED) is 0.727. The molecule has 0 saturated heterocycles. The van der Waals surface area contributed by atoms with Crippen molar-refractivity contribution in [2.24, 2.45) is 0 Å². The second-order valence-corrected chi connectivity index (χ2v) is 6.70. The van der Waals surface area contributed by atoms with Crippen molar-refractivity contribution < 1.29 is 14.3 Å². The molecule has 2 aromatic rings. The van der Waals surface area contributed by atoms with E-state index in [1.807, 2.05) is 37.3 Å². The van der Waals surface area contributed by atoms with Crippen LogP contribution < -0.4 is 15.4 Å². The number of nitrogens with one attached hydrogen (secondary N) is 2. The molecule has 0 fully saturated rings. The van der Waals surface area contributed by atoms with Crippen LogP contribution in [-0.4, -0.2) is 44.0 Å². The van der Waals surface area contributed by atoms with E-state index in [0.717, 1.165) is 5.56 Å². The Kier molecular flexibility index (Phi) is 7.64. The predicted molar refractivity (Wildman–Crippen MR) is 107 cm³/mol. The number of hydrogen-bond donors (Lipinski definition) is 2. The molecule has 0 aliphatic rings. The number of rotatable bonds is 8. The van der Waals surface area contributed by atoms with Crippen molar-refractivity contribution >= 4 is 29.1 Å². The molecule has 144 valence electrons. The number of benzene rings is 2. The van der Waals surface area contributed by atoms with Gasteiger partial charge in [-0.3, -0.25) is 14.5 Å². The van der Waals surface area contributed by atoms with E-state index >= 15 is 0 Å². The minimum Gasteiger partial charge on any atom is -0.495 e. The van der Waals surface area contributed by atoms with Gasteiger partial charge in [0.25, 0.3) is 0 Å². The summed E-state index contributed by atoms with van der Waals surface area (Å²) in [5.74, 6) is 0.105. The molecular formula is C20H24ClN3O3. The third-order valence-corrected chi connectivity index (χ3v) is 4.17. The first-order valence-electron chi connectivity index (χ1n) is 8.55. The zero-order chi connectivity index (χ0) is 19.8. The number of hydrogen-bond acceptors (Lipinski definition) is 4. The molecule has 2 aromatic carbocycles. The summed E-state index contributed by atoms with van der Waals surface area (Å²) in [6, 6.07) is 14.6. The molecule has 0 bridgehead atoms. The predicted octanol–water partition coefficient (Wildman–Crippen LogP) is 3.10. The lowest BCUT2D eigenvalue weighted by molar-refractivity contribution is -0.123. The first-order chi connectivity index (χ1) is 12.9. The van der Waals surface area contributed by atoms with Crippen LogP contribution in [0.4, 0.5) is 5.69 Å². The van der Waals surface area contributed by atoms with E-state index in [9.17, 15) is 9.59 Å². The van der Waals surface area contributed by atoms with Gasteiger partial charge >= 0.3 is 0 Å². The molecule has 2 N–H and O–H groups in total. The fourth-order valence-corrected chi connectivity index (χ4v) is 2.80. The lowest BCUT2D eigenvalue weighted by Gasteiger charge is -2.19. The summed E-state index contributed by atoms with van der Waals surface area (Å²) in [4.78, 5) is 26.1. The topological polar surface area (TPSA) is 70.7 Å². The Morgan fingerprint density at radius 1 is 1.11 bits per heavy atom. The van der Waals surface area contributed by atoms with Crippen LogP contribution in [-0.2, 0) is 9.59 Å². The van der Waals surface area contributed by atoms with Crippen LogP contribution >= 0.6 is 11.6 Å². The molecule has 0 unspecified atom stereocenters. The molecule has 0 aromatic heterocycles. The molecule has 27 heavy (non-hydrogen) atoms. The maximum Gasteiger partial charge on any atom is 0.238 e. The fourth-order valence-electron chi connectivity index (χ4n) is 2.63. The van der Waals surface area contributed by atoms with Crippen LogP contribution in [0.5, 0.6) is 5.75 Å². The van der Waals surface area contributed by atoms with Crippen LogP contribution in [0.25, 0.3) is 0 Å². The summed E-state index contributed by atoms with van der Waals surface area (Å²) >= 11 is 5.96. The SMILES string of the molecule is COc1ccc(Cl)cc1NC(=O)CN(C)CC(=O)N[C@H](C)c1ccccc1. The average Bonchev–Trinajstić information content (AvgIpc) is 2.62. The van der Waals surface area contributed by atoms with Crippen LogP contribution in [0.1, 0.15) is 18.5 Å². The standard InChI is InChI=1S/C20H24ClN3O3/c1-14(15-7-5-4-6-8-15)22-19(25)12-24(2)13-20(26)23-17-11-16(21)9-10-18(17)27-3/h4-11,14H,12-13H2,1-3H3,(H,22,25)(H,23,26)/t14-/m1/s1. The molecule has 0 heterocycles. The Bertz CT molecular complexity index is 783. The Labute approximate surface area is 164 Å². The van der Waals surface area contributed by atoms with E-state index in [4.69, 9.17) is 16.3 Å². The Hall–Kier alpha value is -2.57. The van der Waals surface area contributed by atoms with E-state index in [0.29, 0.717) is 16.5 Å². The van der Waals surface area contributed by atoms with E-state index in [2.05, 4.69) is 10.6 Å². The van der Waals surface area contributed by atoms with Gasteiger partial charge in [0.1, 0.15) is 5.75 Å². The third kappa shape index (κ3) is 6.58. The fraction of sp³-hybridized carbons (Fsp3) is 0.300. The molecule has 0 spiro atoms. The second-order valence-electron chi connectivity index (χ2n) is 6.26. The van der Waals surface area contributed by atoms with E-state index in [-0.39, 0.29) is 30.9 Å². The van der Waals surface area contributed by atoms with Gasteiger partial charge in [-0.25, -0.2) is 0 Å². The summed E-state index contributed by atoms with van der Waals surface area (Å²) < 4.78 is 5.21. The molecular weight excluding hydrogens is 366 g/mol. The summed E-state index contributed by atoms with van der Waals surface area (Å²) in [7, 11) is 3.23. The van der Waals surface area contributed by atoms with Gasteiger partial charge in [0.15, 0.2) is 0 Å². The Morgan fingerprint density at radius 3 is 2.44 bits per heavy atom. The monoisotopic (exact) mass is 389 g/mol. The largest absolute Gasteiger partial charge is 0.495 e. The molecule has 0 aliphatic heterocycles. The normalized spacial score (nSPS) is 11.7. The van der Waals surface area contributed by atoms with Gasteiger partial charge in [0.05, 0.1) is 31.9 Å². The summed E-state index contributed by atoms with van der Waals surface area (Å²) in [6.07, 6.45) is 0. The highest BCUT2D eigenvalue weighted by Crippen LogP contribution is 2.27. The lowest BCUT2D eigenvalue weighted by atomic mass is 10.1. The third-order valence-electron chi connectivity index (χ3n) is 3.94. The van der Waals surface area contributed by atoms with E-state index in [1.54, 1.807) is 30.1 Å². The summed E-state index contributed by atoms with van der Waals surface area (Å²) in [5.41, 5.74) is 1.52. The van der Waals surface area contributed by atoms with Crippen molar-refractivity contribution in [3.05, 3.63) is 59.1 Å². The van der Waals surface area contributed by atoms with Gasteiger partial charge in [-0.15, -0.1) is 0 Å². The number of carbonyl (C=O) groups excluding carboxylic acids is 2. The zero-order valence-electron chi connectivity index (χ0n) is 15.7. The zero-order valence-corrected chi connectivity index (χ0v) is 16.4. The van der Waals surface area contributed by atoms with Crippen LogP contribution in [0.3, 0.4) is 0 Å². The number of anilines is 1. The van der Waals surface area contributed by atoms with Crippen molar-refractivity contribution in [2.75, 3.05) is 32.6 Å². The van der Waals surface area contributed by atoms with Gasteiger partial charge in [0, 0.05) is 5.02 Å². The van der Waals surface area contributed by atoms with Crippen molar-refractivity contribution in [3.8, 4) is 5.75 Å². The number of nitrogens with zero attached hydrogens (tertiary/aromatic N) is 1. The molecule has 2 rings (SSSR count). The highest BCUT2D eigenvalue weighted by Gasteiger charge is 2.15. The van der Waals surface area contributed by atoms with Crippen molar-refractivity contribution in [1.29, 1.82) is 0 Å². The average molecular weight is 390 g/mol. The second kappa shape index (κ2) is 9.94. The van der Waals surface area contributed by atoms with Crippen LogP contribution in [0.15, 0.2) is 48.5 Å². The first kappa shape index (κ1) is 20.7. The van der Waals surface area contributed by atoms with Crippen LogP contribution in [0, 0.1) is 0 Å². The van der Waals surface area contributed by atoms with Gasteiger partial charge < -0.3 is 15.4 Å². The minimum atomic E-state index is -0.262. The minimum absolute atomic E-state index is 0.0583. The van der Waals surface area contributed by atoms with Crippen molar-refractivity contribution in [1.82, 2.24) is 10.2 Å². The molecule has 2 amide bonds. The Morgan fingerprint density at radius 2 is 1.78 bits per heavy atom. The van der Waals surface area contributed by atoms with Crippen molar-refractivity contribution in [3.63, 3.8) is 0 Å². The molecule has 0 aliphatic carbocycles. The van der Waals surface area contributed by atoms with Crippen molar-refractivity contribution in [2.45, 2.75) is 13.0 Å². The molecule has 6 nitrogen and oxygen atoms in total. The summed E-state index contributed by atoms with van der Waals surface area (Å²) in [6.45, 7) is 2.09. The summed E-state index contributed by atoms with van der Waals surface area (Å²) in [5, 5.41) is 6.17. The molecule has 0 radical (unpaired) electrons. The van der Waals surface area contributed by atoms with Gasteiger partial charge in [0.2, 0.25) is 11.8 Å². The number of likely N-dealkylation sites (N-methyl/N-ethyl adjacent to an activating group) is 1. The number of ether oxygens (including phenoxy) is 1. The van der Waals surface area contributed by atoms with Gasteiger partial charge in [-0.2, -0.15) is 0 Å². The number of carbonyl (C=O) groups is 2. The van der Waals surface area contributed by atoms with E-state index < -0.39 is 0 Å². The first-order valence-corrected chi connectivity index (χ1v) is 8.93. The molecule has 1 atom stereocenters. The number of amides is 2. The van der Waals surface area contributed by atoms with Gasteiger partial charge in [-0.1, -0.05) is 41.9 Å². The van der Waals surface area contributed by atoms with E-state index in [1.165, 1.54) is 7.11 Å². The van der Waals surface area contributed by atoms with Crippen LogP contribution in [0.2, 0.25) is 5.02 Å². The highest BCUT2D eigenvalue weighted by molar-refractivity contribution is 6.31. The number of halogens is 1. The highest BCUT2D eigenvalue weighted by atomic mass is 35.5. The lowest BCUT2D eigenvalue weighted by Crippen LogP contribution is -2.39. The maximum absolute atomic E-state index is 12.2.